The van der Waals surface area contributed by atoms with Crippen molar-refractivity contribution in [3.05, 3.63) is 53.5 Å². The first kappa shape index (κ1) is 22.2. The van der Waals surface area contributed by atoms with Crippen molar-refractivity contribution in [1.82, 2.24) is 20.1 Å². The van der Waals surface area contributed by atoms with Crippen molar-refractivity contribution >= 4 is 22.5 Å². The molecule has 0 bridgehead atoms. The molecule has 2 aromatic heterocycles. The molecule has 3 N–H and O–H groups in total. The number of alkyl halides is 3. The van der Waals surface area contributed by atoms with Gasteiger partial charge in [0.1, 0.15) is 11.4 Å². The molecule has 3 aromatic rings. The van der Waals surface area contributed by atoms with Crippen molar-refractivity contribution < 1.29 is 23.1 Å². The molecular formula is C22H24F3N5O2. The Kier molecular flexibility index (Phi) is 5.68. The normalized spacial score (nSPS) is 15.8. The van der Waals surface area contributed by atoms with E-state index >= 15 is 0 Å². The molecule has 4 rings (SSSR count). The standard InChI is InChI=1S/C22H24F3N5O2/c1-21(2,32)15-11-17-13(12-30(29-17)14-6-8-26-9-7-14)10-18(15)28-20(31)16-4-3-5-19(27-16)22(23,24)25/h3-5,10-12,14,26,32H,6-9H2,1-2H3,(H,28,31). The molecule has 1 aromatic carbocycles. The number of piperidine rings is 1. The number of nitrogens with one attached hydrogen (secondary N) is 2. The van der Waals surface area contributed by atoms with Crippen LogP contribution in [-0.4, -0.2) is 38.9 Å². The third-order valence-electron chi connectivity index (χ3n) is 5.52. The lowest BCUT2D eigenvalue weighted by Crippen LogP contribution is -2.29. The van der Waals surface area contributed by atoms with Crippen LogP contribution >= 0.6 is 0 Å². The highest BCUT2D eigenvalue weighted by atomic mass is 19.4. The number of carbonyl (C=O) groups is 1. The minimum absolute atomic E-state index is 0.251. The van der Waals surface area contributed by atoms with Crippen molar-refractivity contribution in [1.29, 1.82) is 0 Å². The molecular weight excluding hydrogens is 423 g/mol. The van der Waals surface area contributed by atoms with Crippen LogP contribution in [0.4, 0.5) is 18.9 Å². The Hall–Kier alpha value is -2.98. The zero-order valence-electron chi connectivity index (χ0n) is 17.7. The van der Waals surface area contributed by atoms with Gasteiger partial charge in [-0.15, -0.1) is 0 Å². The summed E-state index contributed by atoms with van der Waals surface area (Å²) in [4.78, 5) is 16.1. The van der Waals surface area contributed by atoms with E-state index in [0.717, 1.165) is 43.5 Å². The third-order valence-corrected chi connectivity index (χ3v) is 5.52. The summed E-state index contributed by atoms with van der Waals surface area (Å²) in [6.07, 6.45) is -0.886. The molecule has 0 atom stereocenters. The quantitative estimate of drug-likeness (QED) is 0.565. The van der Waals surface area contributed by atoms with Crippen LogP contribution in [0.15, 0.2) is 36.5 Å². The highest BCUT2D eigenvalue weighted by Gasteiger charge is 2.33. The first-order valence-electron chi connectivity index (χ1n) is 10.3. The summed E-state index contributed by atoms with van der Waals surface area (Å²) in [5.41, 5.74) is -1.48. The molecule has 0 saturated carbocycles. The number of anilines is 1. The van der Waals surface area contributed by atoms with Gasteiger partial charge in [0.25, 0.3) is 5.91 Å². The van der Waals surface area contributed by atoms with E-state index in [9.17, 15) is 23.1 Å². The number of halogens is 3. The summed E-state index contributed by atoms with van der Waals surface area (Å²) >= 11 is 0. The lowest BCUT2D eigenvalue weighted by atomic mass is 9.95. The second-order valence-corrected chi connectivity index (χ2v) is 8.47. The minimum Gasteiger partial charge on any atom is -0.386 e. The Morgan fingerprint density at radius 1 is 1.22 bits per heavy atom. The molecule has 1 fully saturated rings. The Bertz CT molecular complexity index is 1140. The summed E-state index contributed by atoms with van der Waals surface area (Å²) in [6.45, 7) is 4.94. The van der Waals surface area contributed by atoms with Gasteiger partial charge in [0.2, 0.25) is 0 Å². The van der Waals surface area contributed by atoms with Crippen LogP contribution in [0, 0.1) is 0 Å². The highest BCUT2D eigenvalue weighted by Crippen LogP contribution is 2.33. The predicted octanol–water partition coefficient (Wildman–Crippen LogP) is 3.85. The fourth-order valence-corrected chi connectivity index (χ4v) is 3.86. The van der Waals surface area contributed by atoms with Gasteiger partial charge < -0.3 is 15.7 Å². The van der Waals surface area contributed by atoms with E-state index in [4.69, 9.17) is 0 Å². The van der Waals surface area contributed by atoms with Crippen LogP contribution in [0.25, 0.3) is 10.9 Å². The van der Waals surface area contributed by atoms with E-state index in [-0.39, 0.29) is 11.7 Å². The van der Waals surface area contributed by atoms with Crippen LogP contribution < -0.4 is 10.6 Å². The fraction of sp³-hybridized carbons (Fsp3) is 0.409. The van der Waals surface area contributed by atoms with Gasteiger partial charge in [0, 0.05) is 22.8 Å². The van der Waals surface area contributed by atoms with E-state index in [2.05, 4.69) is 20.7 Å². The Labute approximate surface area is 182 Å². The van der Waals surface area contributed by atoms with Crippen molar-refractivity contribution in [3.63, 3.8) is 0 Å². The molecule has 0 unspecified atom stereocenters. The van der Waals surface area contributed by atoms with Crippen molar-refractivity contribution in [3.8, 4) is 0 Å². The first-order valence-corrected chi connectivity index (χ1v) is 10.3. The van der Waals surface area contributed by atoms with Gasteiger partial charge in [-0.3, -0.25) is 9.48 Å². The first-order chi connectivity index (χ1) is 15.0. The second-order valence-electron chi connectivity index (χ2n) is 8.47. The molecule has 0 spiro atoms. The van der Waals surface area contributed by atoms with Gasteiger partial charge in [-0.1, -0.05) is 6.07 Å². The number of rotatable bonds is 4. The summed E-state index contributed by atoms with van der Waals surface area (Å²) in [7, 11) is 0. The summed E-state index contributed by atoms with van der Waals surface area (Å²) in [5.74, 6) is -0.799. The molecule has 1 aliphatic rings. The number of amides is 1. The maximum absolute atomic E-state index is 13.0. The third kappa shape index (κ3) is 4.61. The second kappa shape index (κ2) is 8.18. The summed E-state index contributed by atoms with van der Waals surface area (Å²) in [6, 6.07) is 6.78. The van der Waals surface area contributed by atoms with Gasteiger partial charge in [-0.2, -0.15) is 18.3 Å². The fourth-order valence-electron chi connectivity index (χ4n) is 3.86. The highest BCUT2D eigenvalue weighted by molar-refractivity contribution is 6.04. The molecule has 32 heavy (non-hydrogen) atoms. The van der Waals surface area contributed by atoms with Crippen molar-refractivity contribution in [2.45, 2.75) is 44.5 Å². The Balaban J connectivity index is 1.69. The summed E-state index contributed by atoms with van der Waals surface area (Å²) in [5, 5.41) is 22.0. The maximum atomic E-state index is 13.0. The molecule has 0 radical (unpaired) electrons. The number of benzene rings is 1. The molecule has 1 aliphatic heterocycles. The average Bonchev–Trinajstić information content (AvgIpc) is 3.16. The van der Waals surface area contributed by atoms with Crippen molar-refractivity contribution in [2.24, 2.45) is 0 Å². The number of hydrogen-bond donors (Lipinski definition) is 3. The lowest BCUT2D eigenvalue weighted by molar-refractivity contribution is -0.141. The molecule has 170 valence electrons. The molecule has 0 aliphatic carbocycles. The van der Waals surface area contributed by atoms with E-state index in [1.54, 1.807) is 26.0 Å². The van der Waals surface area contributed by atoms with E-state index in [0.29, 0.717) is 16.8 Å². The number of fused-ring (bicyclic) bond motifs is 1. The molecule has 10 heteroatoms. The molecule has 3 heterocycles. The smallest absolute Gasteiger partial charge is 0.386 e. The van der Waals surface area contributed by atoms with Gasteiger partial charge in [0.05, 0.1) is 17.2 Å². The van der Waals surface area contributed by atoms with Gasteiger partial charge in [-0.25, -0.2) is 4.98 Å². The van der Waals surface area contributed by atoms with Gasteiger partial charge in [0.15, 0.2) is 0 Å². The number of aliphatic hydroxyl groups is 1. The van der Waals surface area contributed by atoms with Crippen LogP contribution in [0.2, 0.25) is 0 Å². The van der Waals surface area contributed by atoms with Crippen LogP contribution in [0.1, 0.15) is 54.5 Å². The number of nitrogens with zero attached hydrogens (tertiary/aromatic N) is 3. The van der Waals surface area contributed by atoms with Crippen molar-refractivity contribution in [2.75, 3.05) is 18.4 Å². The van der Waals surface area contributed by atoms with E-state index in [1.165, 1.54) is 6.07 Å². The largest absolute Gasteiger partial charge is 0.433 e. The average molecular weight is 447 g/mol. The zero-order valence-corrected chi connectivity index (χ0v) is 17.7. The number of pyridine rings is 1. The van der Waals surface area contributed by atoms with Gasteiger partial charge >= 0.3 is 6.18 Å². The van der Waals surface area contributed by atoms with Crippen LogP contribution in [-0.2, 0) is 11.8 Å². The van der Waals surface area contributed by atoms with Crippen LogP contribution in [0.3, 0.4) is 0 Å². The number of carbonyl (C=O) groups excluding carboxylic acids is 1. The van der Waals surface area contributed by atoms with Gasteiger partial charge in [-0.05, 0) is 64.0 Å². The van der Waals surface area contributed by atoms with E-state index < -0.39 is 23.4 Å². The zero-order chi connectivity index (χ0) is 23.1. The molecule has 7 nitrogen and oxygen atoms in total. The number of aromatic nitrogens is 3. The Morgan fingerprint density at radius 2 is 1.94 bits per heavy atom. The topological polar surface area (TPSA) is 92.1 Å². The lowest BCUT2D eigenvalue weighted by Gasteiger charge is -2.22. The Morgan fingerprint density at radius 3 is 2.59 bits per heavy atom. The number of hydrogen-bond acceptors (Lipinski definition) is 5. The predicted molar refractivity (Wildman–Crippen MR) is 113 cm³/mol. The van der Waals surface area contributed by atoms with Crippen LogP contribution in [0.5, 0.6) is 0 Å². The SMILES string of the molecule is CC(C)(O)c1cc2nn(C3CCNCC3)cc2cc1NC(=O)c1cccc(C(F)(F)F)n1. The minimum atomic E-state index is -4.66. The summed E-state index contributed by atoms with van der Waals surface area (Å²) < 4.78 is 40.8. The van der Waals surface area contributed by atoms with E-state index in [1.807, 2.05) is 10.9 Å². The monoisotopic (exact) mass is 447 g/mol. The maximum Gasteiger partial charge on any atom is 0.433 e. The molecule has 1 amide bonds. The molecule has 1 saturated heterocycles.